The Labute approximate surface area is 208 Å². The molecule has 3 aromatic rings. The molecule has 0 bridgehead atoms. The Balaban J connectivity index is 0.00000306. The number of aromatic nitrogens is 1. The van der Waals surface area contributed by atoms with Gasteiger partial charge in [-0.3, -0.25) is 14.6 Å². The molecule has 0 N–H and O–H groups in total. The maximum atomic E-state index is 13.6. The van der Waals surface area contributed by atoms with E-state index in [9.17, 15) is 13.2 Å². The number of anilines is 1. The first kappa shape index (κ1) is 25.9. The normalized spacial score (nSPS) is 14.7. The monoisotopic (exact) mass is 527 g/mol. The van der Waals surface area contributed by atoms with Gasteiger partial charge in [0.15, 0.2) is 15.0 Å². The van der Waals surface area contributed by atoms with Crippen molar-refractivity contribution in [1.82, 2.24) is 9.88 Å². The molecular weight excluding hydrogens is 502 g/mol. The van der Waals surface area contributed by atoms with Gasteiger partial charge in [-0.25, -0.2) is 13.4 Å². The number of carbonyl (C=O) groups excluding carboxylic acids is 1. The fourth-order valence-corrected chi connectivity index (χ4v) is 5.90. The molecule has 4 rings (SSSR count). The summed E-state index contributed by atoms with van der Waals surface area (Å²) in [5.74, 6) is -0.106. The van der Waals surface area contributed by atoms with E-state index in [4.69, 9.17) is 4.74 Å². The highest BCUT2D eigenvalue weighted by Gasteiger charge is 2.25. The van der Waals surface area contributed by atoms with Crippen LogP contribution in [0.15, 0.2) is 52.3 Å². The van der Waals surface area contributed by atoms with Gasteiger partial charge in [0.05, 0.1) is 33.9 Å². The van der Waals surface area contributed by atoms with Crippen molar-refractivity contribution >= 4 is 66.6 Å². The molecule has 0 unspecified atom stereocenters. The van der Waals surface area contributed by atoms with Crippen molar-refractivity contribution in [2.45, 2.75) is 9.79 Å². The van der Waals surface area contributed by atoms with Crippen LogP contribution in [0.2, 0.25) is 0 Å². The van der Waals surface area contributed by atoms with Crippen molar-refractivity contribution in [2.75, 3.05) is 56.8 Å². The molecule has 11 heteroatoms. The van der Waals surface area contributed by atoms with E-state index in [1.165, 1.54) is 29.4 Å². The van der Waals surface area contributed by atoms with Gasteiger partial charge < -0.3 is 4.74 Å². The van der Waals surface area contributed by atoms with Crippen molar-refractivity contribution < 1.29 is 17.9 Å². The molecule has 1 saturated heterocycles. The van der Waals surface area contributed by atoms with E-state index in [-0.39, 0.29) is 23.2 Å². The number of hydrogen-bond acceptors (Lipinski definition) is 8. The highest BCUT2D eigenvalue weighted by atomic mass is 35.5. The highest BCUT2D eigenvalue weighted by molar-refractivity contribution is 7.98. The summed E-state index contributed by atoms with van der Waals surface area (Å²) in [6.07, 6.45) is 3.14. The zero-order valence-corrected chi connectivity index (χ0v) is 21.7. The number of morpholine rings is 1. The summed E-state index contributed by atoms with van der Waals surface area (Å²) in [6.45, 7) is 4.25. The number of thioether (sulfide) groups is 1. The summed E-state index contributed by atoms with van der Waals surface area (Å²) >= 11 is 2.87. The second-order valence-electron chi connectivity index (χ2n) is 7.51. The number of fused-ring (bicyclic) bond motifs is 1. The lowest BCUT2D eigenvalue weighted by Gasteiger charge is -2.29. The molecule has 1 aromatic heterocycles. The van der Waals surface area contributed by atoms with Crippen LogP contribution in [0.4, 0.5) is 5.13 Å². The highest BCUT2D eigenvalue weighted by Crippen LogP contribution is 2.32. The molecule has 1 fully saturated rings. The quantitative estimate of drug-likeness (QED) is 0.432. The smallest absolute Gasteiger partial charge is 0.261 e. The van der Waals surface area contributed by atoms with Gasteiger partial charge in [0.2, 0.25) is 0 Å². The molecule has 1 aliphatic heterocycles. The van der Waals surface area contributed by atoms with E-state index in [0.717, 1.165) is 22.7 Å². The molecule has 0 spiro atoms. The summed E-state index contributed by atoms with van der Waals surface area (Å²) < 4.78 is 30.1. The number of nitrogens with zero attached hydrogens (tertiary/aromatic N) is 3. The van der Waals surface area contributed by atoms with Crippen molar-refractivity contribution in [2.24, 2.45) is 0 Å². The van der Waals surface area contributed by atoms with Gasteiger partial charge in [-0.1, -0.05) is 23.5 Å². The number of amides is 1. The number of ether oxygens (including phenoxy) is 1. The maximum Gasteiger partial charge on any atom is 0.261 e. The van der Waals surface area contributed by atoms with Crippen LogP contribution in [-0.4, -0.2) is 76.1 Å². The number of hydrogen-bond donors (Lipinski definition) is 0. The predicted octanol–water partition coefficient (Wildman–Crippen LogP) is 3.82. The third-order valence-corrected chi connectivity index (χ3v) is 8.28. The molecule has 0 saturated carbocycles. The van der Waals surface area contributed by atoms with Crippen LogP contribution in [-0.2, 0) is 14.6 Å². The molecule has 1 amide bonds. The predicted molar refractivity (Wildman–Crippen MR) is 137 cm³/mol. The van der Waals surface area contributed by atoms with E-state index in [0.29, 0.717) is 42.5 Å². The third-order valence-electron chi connectivity index (χ3n) is 5.33. The van der Waals surface area contributed by atoms with Gasteiger partial charge >= 0.3 is 0 Å². The van der Waals surface area contributed by atoms with Gasteiger partial charge in [-0.15, -0.1) is 24.2 Å². The van der Waals surface area contributed by atoms with E-state index in [1.54, 1.807) is 23.1 Å². The average Bonchev–Trinajstić information content (AvgIpc) is 3.22. The zero-order chi connectivity index (χ0) is 22.7. The third kappa shape index (κ3) is 6.06. The zero-order valence-electron chi connectivity index (χ0n) is 18.4. The van der Waals surface area contributed by atoms with Gasteiger partial charge in [-0.05, 0) is 36.6 Å². The van der Waals surface area contributed by atoms with E-state index >= 15 is 0 Å². The molecule has 0 atom stereocenters. The fraction of sp³-hybridized carbons (Fsp3) is 0.364. The molecule has 0 radical (unpaired) electrons. The van der Waals surface area contributed by atoms with Crippen LogP contribution in [0.1, 0.15) is 10.4 Å². The van der Waals surface area contributed by atoms with Crippen molar-refractivity contribution in [3.8, 4) is 0 Å². The largest absolute Gasteiger partial charge is 0.379 e. The van der Waals surface area contributed by atoms with Crippen molar-refractivity contribution in [3.05, 3.63) is 48.0 Å². The number of rotatable bonds is 7. The Morgan fingerprint density at radius 1 is 1.21 bits per heavy atom. The van der Waals surface area contributed by atoms with Crippen LogP contribution in [0.5, 0.6) is 0 Å². The van der Waals surface area contributed by atoms with E-state index in [2.05, 4.69) is 9.88 Å². The van der Waals surface area contributed by atoms with Crippen LogP contribution in [0.3, 0.4) is 0 Å². The molecule has 7 nitrogen and oxygen atoms in total. The van der Waals surface area contributed by atoms with Crippen LogP contribution >= 0.6 is 35.5 Å². The summed E-state index contributed by atoms with van der Waals surface area (Å²) in [5.41, 5.74) is 1.32. The van der Waals surface area contributed by atoms with Crippen LogP contribution in [0, 0.1) is 0 Å². The molecular formula is C22H26ClN3O4S3. The Morgan fingerprint density at radius 3 is 2.64 bits per heavy atom. The summed E-state index contributed by atoms with van der Waals surface area (Å²) in [7, 11) is -3.32. The SMILES string of the molecule is CSc1ccccc1C(=O)N(CCN1CCOCC1)c1nc2ccc(S(C)(=O)=O)cc2s1.Cl. The van der Waals surface area contributed by atoms with Crippen molar-refractivity contribution in [3.63, 3.8) is 0 Å². The second kappa shape index (κ2) is 11.2. The lowest BCUT2D eigenvalue weighted by atomic mass is 10.2. The van der Waals surface area contributed by atoms with Gasteiger partial charge in [0.25, 0.3) is 5.91 Å². The van der Waals surface area contributed by atoms with Gasteiger partial charge in [-0.2, -0.15) is 0 Å². The van der Waals surface area contributed by atoms with Crippen molar-refractivity contribution in [1.29, 1.82) is 0 Å². The standard InChI is InChI=1S/C22H25N3O4S3.ClH/c1-30-19-6-4-3-5-17(19)21(26)25(10-9-24-11-13-29-14-12-24)22-23-18-8-7-16(32(2,27)28)15-20(18)31-22;/h3-8,15H,9-14H2,1-2H3;1H. The Kier molecular flexibility index (Phi) is 8.76. The number of halogens is 1. The average molecular weight is 528 g/mol. The minimum absolute atomic E-state index is 0. The minimum Gasteiger partial charge on any atom is -0.379 e. The first-order valence-corrected chi connectivity index (χ1v) is 14.2. The number of sulfone groups is 1. The molecule has 33 heavy (non-hydrogen) atoms. The van der Waals surface area contributed by atoms with E-state index < -0.39 is 9.84 Å². The Bertz CT molecular complexity index is 1230. The second-order valence-corrected chi connectivity index (χ2v) is 11.4. The van der Waals surface area contributed by atoms with Crippen LogP contribution < -0.4 is 4.90 Å². The lowest BCUT2D eigenvalue weighted by molar-refractivity contribution is 0.0391. The molecule has 178 valence electrons. The number of carbonyl (C=O) groups is 1. The lowest BCUT2D eigenvalue weighted by Crippen LogP contribution is -2.43. The molecule has 2 aromatic carbocycles. The first-order chi connectivity index (χ1) is 15.4. The maximum absolute atomic E-state index is 13.6. The number of benzene rings is 2. The summed E-state index contributed by atoms with van der Waals surface area (Å²) in [5, 5.41) is 0.569. The Hall–Kier alpha value is -1.69. The van der Waals surface area contributed by atoms with Gasteiger partial charge in [0.1, 0.15) is 0 Å². The van der Waals surface area contributed by atoms with E-state index in [1.807, 2.05) is 30.5 Å². The van der Waals surface area contributed by atoms with Crippen LogP contribution in [0.25, 0.3) is 10.2 Å². The summed E-state index contributed by atoms with van der Waals surface area (Å²) in [6, 6.07) is 12.5. The molecule has 0 aliphatic carbocycles. The number of thiazole rings is 1. The minimum atomic E-state index is -3.32. The first-order valence-electron chi connectivity index (χ1n) is 10.2. The van der Waals surface area contributed by atoms with Gasteiger partial charge in [0, 0.05) is 37.3 Å². The topological polar surface area (TPSA) is 79.8 Å². The molecule has 2 heterocycles. The fourth-order valence-electron chi connectivity index (χ4n) is 3.56. The Morgan fingerprint density at radius 2 is 1.94 bits per heavy atom. The summed E-state index contributed by atoms with van der Waals surface area (Å²) in [4.78, 5) is 23.5. The molecule has 1 aliphatic rings.